The minimum Gasteiger partial charge on any atom is -0.460 e. The number of hydrogen-bond acceptors (Lipinski definition) is 3. The Morgan fingerprint density at radius 1 is 1.40 bits per heavy atom. The fourth-order valence-corrected chi connectivity index (χ4v) is 1.56. The molecule has 1 heterocycles. The molecule has 1 aliphatic heterocycles. The molecule has 78 valence electrons. The maximum absolute atomic E-state index is 11.3. The van der Waals surface area contributed by atoms with Crippen LogP contribution in [0.4, 0.5) is 0 Å². The maximum Gasteiger partial charge on any atom is 0.229 e. The first kappa shape index (κ1) is 9.93. The summed E-state index contributed by atoms with van der Waals surface area (Å²) in [6.07, 6.45) is 1.23. The van der Waals surface area contributed by atoms with Gasteiger partial charge in [0.15, 0.2) is 5.78 Å². The number of carbonyl (C=O) groups is 1. The summed E-state index contributed by atoms with van der Waals surface area (Å²) in [7, 11) is 1.52. The zero-order chi connectivity index (χ0) is 10.8. The highest BCUT2D eigenvalue weighted by Crippen LogP contribution is 2.29. The highest BCUT2D eigenvalue weighted by molar-refractivity contribution is 5.99. The Labute approximate surface area is 88.3 Å². The summed E-state index contributed by atoms with van der Waals surface area (Å²) in [4.78, 5) is 11.3. The third kappa shape index (κ3) is 1.78. The van der Waals surface area contributed by atoms with E-state index in [1.165, 1.54) is 14.0 Å². The topological polar surface area (TPSA) is 35.5 Å². The minimum absolute atomic E-state index is 0.0312. The normalized spacial score (nSPS) is 18.8. The molecule has 0 fully saturated rings. The number of hydrogen-bond donors (Lipinski definition) is 0. The molecule has 1 aromatic rings. The van der Waals surface area contributed by atoms with E-state index in [1.54, 1.807) is 0 Å². The maximum atomic E-state index is 11.3. The fraction of sp³-hybridized carbons (Fsp3) is 0.250. The number of ketones is 1. The number of benzene rings is 1. The van der Waals surface area contributed by atoms with E-state index < -0.39 is 6.29 Å². The van der Waals surface area contributed by atoms with Gasteiger partial charge in [-0.15, -0.1) is 0 Å². The number of ether oxygens (including phenoxy) is 2. The molecule has 0 bridgehead atoms. The Balaban J connectivity index is 2.46. The van der Waals surface area contributed by atoms with Gasteiger partial charge in [-0.2, -0.15) is 0 Å². The lowest BCUT2D eigenvalue weighted by Gasteiger charge is -2.24. The van der Waals surface area contributed by atoms with Gasteiger partial charge in [0.2, 0.25) is 6.29 Å². The molecule has 1 atom stereocenters. The Morgan fingerprint density at radius 2 is 2.13 bits per heavy atom. The summed E-state index contributed by atoms with van der Waals surface area (Å²) in [5, 5.41) is 0. The Bertz CT molecular complexity index is 421. The summed E-state index contributed by atoms with van der Waals surface area (Å²) < 4.78 is 10.7. The third-order valence-electron chi connectivity index (χ3n) is 2.34. The first-order valence-electron chi connectivity index (χ1n) is 4.73. The van der Waals surface area contributed by atoms with Gasteiger partial charge in [0, 0.05) is 12.7 Å². The fourth-order valence-electron chi connectivity index (χ4n) is 1.56. The van der Waals surface area contributed by atoms with E-state index in [-0.39, 0.29) is 5.78 Å². The van der Waals surface area contributed by atoms with Crippen molar-refractivity contribution >= 4 is 11.9 Å². The largest absolute Gasteiger partial charge is 0.460 e. The van der Waals surface area contributed by atoms with Crippen LogP contribution in [-0.2, 0) is 9.53 Å². The van der Waals surface area contributed by atoms with Gasteiger partial charge >= 0.3 is 0 Å². The van der Waals surface area contributed by atoms with Crippen molar-refractivity contribution in [2.75, 3.05) is 7.11 Å². The molecule has 0 radical (unpaired) electrons. The average Bonchev–Trinajstić information content (AvgIpc) is 2.27. The molecule has 1 unspecified atom stereocenters. The molecule has 0 saturated carbocycles. The van der Waals surface area contributed by atoms with Crippen LogP contribution >= 0.6 is 0 Å². The molecule has 0 aromatic heterocycles. The van der Waals surface area contributed by atoms with Crippen LogP contribution in [0.3, 0.4) is 0 Å². The summed E-state index contributed by atoms with van der Waals surface area (Å²) in [6.45, 7) is 1.51. The van der Waals surface area contributed by atoms with E-state index in [1.807, 2.05) is 30.3 Å². The van der Waals surface area contributed by atoms with Crippen molar-refractivity contribution in [1.29, 1.82) is 0 Å². The van der Waals surface area contributed by atoms with Crippen LogP contribution in [0, 0.1) is 0 Å². The SMILES string of the molecule is COC1Oc2ccccc2C=C1C(C)=O. The van der Waals surface area contributed by atoms with Crippen LogP contribution < -0.4 is 4.74 Å². The van der Waals surface area contributed by atoms with Crippen molar-refractivity contribution in [3.8, 4) is 5.75 Å². The summed E-state index contributed by atoms with van der Waals surface area (Å²) in [5.41, 5.74) is 1.47. The number of carbonyl (C=O) groups excluding carboxylic acids is 1. The van der Waals surface area contributed by atoms with Gasteiger partial charge in [0.1, 0.15) is 5.75 Å². The Hall–Kier alpha value is -1.61. The van der Waals surface area contributed by atoms with Crippen molar-refractivity contribution in [3.63, 3.8) is 0 Å². The van der Waals surface area contributed by atoms with Crippen LogP contribution in [0.1, 0.15) is 12.5 Å². The smallest absolute Gasteiger partial charge is 0.229 e. The van der Waals surface area contributed by atoms with Gasteiger partial charge in [-0.05, 0) is 19.1 Å². The molecule has 3 nitrogen and oxygen atoms in total. The summed E-state index contributed by atoms with van der Waals surface area (Å²) in [5.74, 6) is 0.714. The van der Waals surface area contributed by atoms with Crippen LogP contribution in [-0.4, -0.2) is 19.2 Å². The zero-order valence-electron chi connectivity index (χ0n) is 8.69. The van der Waals surface area contributed by atoms with Crippen LogP contribution in [0.25, 0.3) is 6.08 Å². The van der Waals surface area contributed by atoms with Crippen molar-refractivity contribution in [2.45, 2.75) is 13.2 Å². The average molecular weight is 204 g/mol. The monoisotopic (exact) mass is 204 g/mol. The van der Waals surface area contributed by atoms with Crippen molar-refractivity contribution in [2.24, 2.45) is 0 Å². The summed E-state index contributed by atoms with van der Waals surface area (Å²) in [6, 6.07) is 7.56. The van der Waals surface area contributed by atoms with Crippen molar-refractivity contribution in [1.82, 2.24) is 0 Å². The Kier molecular flexibility index (Phi) is 2.56. The molecular weight excluding hydrogens is 192 g/mol. The Morgan fingerprint density at radius 3 is 2.80 bits per heavy atom. The molecule has 1 aliphatic rings. The molecule has 0 spiro atoms. The van der Waals surface area contributed by atoms with Crippen LogP contribution in [0.2, 0.25) is 0 Å². The van der Waals surface area contributed by atoms with Gasteiger partial charge in [-0.1, -0.05) is 18.2 Å². The second kappa shape index (κ2) is 3.87. The van der Waals surface area contributed by atoms with Crippen molar-refractivity contribution < 1.29 is 14.3 Å². The standard InChI is InChI=1S/C12H12O3/c1-8(13)10-7-9-5-3-4-6-11(9)15-12(10)14-2/h3-7,12H,1-2H3. The van der Waals surface area contributed by atoms with E-state index in [0.29, 0.717) is 5.57 Å². The molecule has 0 N–H and O–H groups in total. The van der Waals surface area contributed by atoms with E-state index in [2.05, 4.69) is 0 Å². The molecular formula is C12H12O3. The molecule has 0 saturated heterocycles. The van der Waals surface area contributed by atoms with Gasteiger partial charge < -0.3 is 9.47 Å². The lowest BCUT2D eigenvalue weighted by molar-refractivity contribution is -0.117. The second-order valence-electron chi connectivity index (χ2n) is 3.38. The van der Waals surface area contributed by atoms with Crippen molar-refractivity contribution in [3.05, 3.63) is 35.4 Å². The number of methoxy groups -OCH3 is 1. The molecule has 0 aliphatic carbocycles. The van der Waals surface area contributed by atoms with E-state index in [9.17, 15) is 4.79 Å². The molecule has 2 rings (SSSR count). The van der Waals surface area contributed by atoms with Gasteiger partial charge in [0.05, 0.1) is 5.57 Å². The quantitative estimate of drug-likeness (QED) is 0.739. The highest BCUT2D eigenvalue weighted by atomic mass is 16.7. The number of rotatable bonds is 2. The molecule has 0 amide bonds. The lowest BCUT2D eigenvalue weighted by Crippen LogP contribution is -2.27. The molecule has 1 aromatic carbocycles. The molecule has 3 heteroatoms. The van der Waals surface area contributed by atoms with Crippen LogP contribution in [0.15, 0.2) is 29.8 Å². The molecule has 15 heavy (non-hydrogen) atoms. The van der Waals surface area contributed by atoms with Crippen LogP contribution in [0.5, 0.6) is 5.75 Å². The third-order valence-corrected chi connectivity index (χ3v) is 2.34. The van der Waals surface area contributed by atoms with E-state index in [0.717, 1.165) is 11.3 Å². The highest BCUT2D eigenvalue weighted by Gasteiger charge is 2.24. The number of para-hydroxylation sites is 1. The lowest BCUT2D eigenvalue weighted by atomic mass is 10.0. The second-order valence-corrected chi connectivity index (χ2v) is 3.38. The minimum atomic E-state index is -0.586. The van der Waals surface area contributed by atoms with Gasteiger partial charge in [0.25, 0.3) is 0 Å². The first-order chi connectivity index (χ1) is 7.22. The summed E-state index contributed by atoms with van der Waals surface area (Å²) >= 11 is 0. The number of fused-ring (bicyclic) bond motifs is 1. The predicted octanol–water partition coefficient (Wildman–Crippen LogP) is 2.02. The van der Waals surface area contributed by atoms with E-state index >= 15 is 0 Å². The zero-order valence-corrected chi connectivity index (χ0v) is 8.69. The van der Waals surface area contributed by atoms with Gasteiger partial charge in [-0.25, -0.2) is 0 Å². The number of Topliss-reactive ketones (excluding diaryl/α,β-unsaturated/α-hetero) is 1. The van der Waals surface area contributed by atoms with E-state index in [4.69, 9.17) is 9.47 Å². The predicted molar refractivity (Wildman–Crippen MR) is 56.5 cm³/mol. The van der Waals surface area contributed by atoms with Gasteiger partial charge in [-0.3, -0.25) is 4.79 Å². The first-order valence-corrected chi connectivity index (χ1v) is 4.73.